The third-order valence-electron chi connectivity index (χ3n) is 3.09. The molecule has 0 heterocycles. The van der Waals surface area contributed by atoms with Crippen LogP contribution in [-0.4, -0.2) is 36.2 Å². The molecule has 29 heavy (non-hydrogen) atoms. The number of rotatable bonds is 6. The van der Waals surface area contributed by atoms with E-state index in [2.05, 4.69) is 20.2 Å². The van der Waals surface area contributed by atoms with Crippen molar-refractivity contribution in [2.45, 2.75) is 6.42 Å². The van der Waals surface area contributed by atoms with E-state index in [-0.39, 0.29) is 6.42 Å². The number of phenolic OH excluding ortho intramolecular Hbond substituents is 2. The molecule has 0 atom stereocenters. The average Bonchev–Trinajstić information content (AvgIpc) is 2.57. The standard InChI is InChI=1S/C17H14O10S2/c18-14-10-12(6-8-16(14)26-28(20,21)22)4-2-1-3-5-13-7-9-17(15(19)11-13)27-29(23,24)25/h2,4,6-11,18-19H,1H2,(H,20,21,22)(H,23,24,25)/p-2/b4-2+. The van der Waals surface area contributed by atoms with Crippen LogP contribution in [0.4, 0.5) is 0 Å². The first-order valence-corrected chi connectivity index (χ1v) is 10.2. The molecule has 0 saturated heterocycles. The summed E-state index contributed by atoms with van der Waals surface area (Å²) in [6.45, 7) is 0. The summed E-state index contributed by atoms with van der Waals surface area (Å²) in [5.41, 5.74) is 0.822. The Hall–Kier alpha value is -3.24. The van der Waals surface area contributed by atoms with Crippen molar-refractivity contribution in [2.75, 3.05) is 0 Å². The molecular formula is C17H12O10S2-2. The van der Waals surface area contributed by atoms with Gasteiger partial charge in [-0.15, -0.1) is 0 Å². The van der Waals surface area contributed by atoms with Crippen LogP contribution in [0.1, 0.15) is 17.5 Å². The molecule has 12 heteroatoms. The molecule has 154 valence electrons. The fraction of sp³-hybridized carbons (Fsp3) is 0.0588. The lowest BCUT2D eigenvalue weighted by Crippen LogP contribution is -2.07. The highest BCUT2D eigenvalue weighted by molar-refractivity contribution is 7.81. The lowest BCUT2D eigenvalue weighted by Gasteiger charge is -2.10. The lowest BCUT2D eigenvalue weighted by atomic mass is 10.1. The summed E-state index contributed by atoms with van der Waals surface area (Å²) >= 11 is 0. The van der Waals surface area contributed by atoms with Crippen LogP contribution in [0.15, 0.2) is 42.5 Å². The Morgan fingerprint density at radius 2 is 1.45 bits per heavy atom. The summed E-state index contributed by atoms with van der Waals surface area (Å²) < 4.78 is 71.2. The van der Waals surface area contributed by atoms with Crippen LogP contribution in [0.2, 0.25) is 0 Å². The second-order valence-electron chi connectivity index (χ2n) is 5.30. The summed E-state index contributed by atoms with van der Waals surface area (Å²) in [4.78, 5) is 0. The molecule has 0 unspecified atom stereocenters. The highest BCUT2D eigenvalue weighted by Crippen LogP contribution is 2.29. The van der Waals surface area contributed by atoms with E-state index in [0.717, 1.165) is 18.2 Å². The number of phenols is 2. The molecule has 2 N–H and O–H groups in total. The lowest BCUT2D eigenvalue weighted by molar-refractivity contribution is 0.358. The van der Waals surface area contributed by atoms with Crippen LogP contribution in [0, 0.1) is 11.8 Å². The summed E-state index contributed by atoms with van der Waals surface area (Å²) in [7, 11) is -10.00. The topological polar surface area (TPSA) is 173 Å². The van der Waals surface area contributed by atoms with Gasteiger partial charge in [-0.2, -0.15) is 0 Å². The van der Waals surface area contributed by atoms with E-state index in [0.29, 0.717) is 11.1 Å². The zero-order valence-electron chi connectivity index (χ0n) is 14.3. The van der Waals surface area contributed by atoms with Crippen molar-refractivity contribution in [3.63, 3.8) is 0 Å². The second kappa shape index (κ2) is 8.84. The van der Waals surface area contributed by atoms with Crippen molar-refractivity contribution in [3.8, 4) is 34.8 Å². The highest BCUT2D eigenvalue weighted by Gasteiger charge is 2.07. The van der Waals surface area contributed by atoms with Gasteiger partial charge >= 0.3 is 0 Å². The summed E-state index contributed by atoms with van der Waals surface area (Å²) in [6.07, 6.45) is 3.44. The molecule has 0 aliphatic carbocycles. The molecule has 2 aromatic rings. The zero-order valence-corrected chi connectivity index (χ0v) is 15.9. The Bertz CT molecular complexity index is 1200. The van der Waals surface area contributed by atoms with E-state index in [4.69, 9.17) is 0 Å². The van der Waals surface area contributed by atoms with Crippen LogP contribution < -0.4 is 8.37 Å². The van der Waals surface area contributed by atoms with Crippen molar-refractivity contribution in [1.29, 1.82) is 0 Å². The highest BCUT2D eigenvalue weighted by atomic mass is 32.3. The fourth-order valence-electron chi connectivity index (χ4n) is 2.00. The normalized spacial score (nSPS) is 11.7. The van der Waals surface area contributed by atoms with Gasteiger partial charge in [0.05, 0.1) is 0 Å². The maximum Gasteiger partial charge on any atom is 0.262 e. The van der Waals surface area contributed by atoms with E-state index in [1.807, 2.05) is 0 Å². The quantitative estimate of drug-likeness (QED) is 0.378. The van der Waals surface area contributed by atoms with Gasteiger partial charge in [-0.25, -0.2) is 16.8 Å². The number of hydrogen-bond donors (Lipinski definition) is 2. The summed E-state index contributed by atoms with van der Waals surface area (Å²) in [5, 5.41) is 19.3. The Labute approximate surface area is 166 Å². The van der Waals surface area contributed by atoms with Crippen molar-refractivity contribution in [3.05, 3.63) is 53.6 Å². The zero-order chi connectivity index (χ0) is 21.7. The molecule has 0 aromatic heterocycles. The van der Waals surface area contributed by atoms with E-state index >= 15 is 0 Å². The van der Waals surface area contributed by atoms with Gasteiger partial charge in [-0.1, -0.05) is 30.1 Å². The third-order valence-corrected chi connectivity index (χ3v) is 3.86. The van der Waals surface area contributed by atoms with Crippen molar-refractivity contribution in [1.82, 2.24) is 0 Å². The largest absolute Gasteiger partial charge is 0.716 e. The Morgan fingerprint density at radius 3 is 1.97 bits per heavy atom. The van der Waals surface area contributed by atoms with Gasteiger partial charge in [0.2, 0.25) is 0 Å². The van der Waals surface area contributed by atoms with E-state index < -0.39 is 43.8 Å². The minimum absolute atomic E-state index is 0.252. The predicted octanol–water partition coefficient (Wildman–Crippen LogP) is 1.23. The Balaban J connectivity index is 2.00. The Morgan fingerprint density at radius 1 is 0.897 bits per heavy atom. The van der Waals surface area contributed by atoms with Crippen LogP contribution in [0.5, 0.6) is 23.0 Å². The van der Waals surface area contributed by atoms with E-state index in [1.165, 1.54) is 18.2 Å². The van der Waals surface area contributed by atoms with Crippen molar-refractivity contribution >= 4 is 26.9 Å². The molecule has 0 bridgehead atoms. The molecule has 10 nitrogen and oxygen atoms in total. The number of hydrogen-bond acceptors (Lipinski definition) is 10. The summed E-state index contributed by atoms with van der Waals surface area (Å²) in [5.74, 6) is 3.34. The molecule has 0 fully saturated rings. The molecule has 2 aromatic carbocycles. The minimum Gasteiger partial charge on any atom is -0.716 e. The van der Waals surface area contributed by atoms with Gasteiger partial charge in [-0.05, 0) is 35.9 Å². The van der Waals surface area contributed by atoms with Crippen LogP contribution in [0.25, 0.3) is 6.08 Å². The number of aromatic hydroxyl groups is 2. The molecule has 2 rings (SSSR count). The van der Waals surface area contributed by atoms with Crippen LogP contribution in [0.3, 0.4) is 0 Å². The van der Waals surface area contributed by atoms with Gasteiger partial charge in [0, 0.05) is 12.0 Å². The van der Waals surface area contributed by atoms with Gasteiger partial charge in [0.25, 0.3) is 20.8 Å². The number of allylic oxidation sites excluding steroid dienone is 1. The average molecular weight is 440 g/mol. The van der Waals surface area contributed by atoms with Gasteiger partial charge < -0.3 is 27.7 Å². The first-order chi connectivity index (χ1) is 13.4. The van der Waals surface area contributed by atoms with Crippen LogP contribution in [-0.2, 0) is 20.8 Å². The molecule has 0 radical (unpaired) electrons. The minimum atomic E-state index is -5.00. The SMILES string of the molecule is O=S(=O)([O-])Oc1ccc(C#CC/C=C/c2ccc(OS(=O)(=O)[O-])c(O)c2)cc1O. The van der Waals surface area contributed by atoms with Crippen molar-refractivity contribution in [2.24, 2.45) is 0 Å². The molecular weight excluding hydrogens is 428 g/mol. The predicted molar refractivity (Wildman–Crippen MR) is 97.4 cm³/mol. The third kappa shape index (κ3) is 7.72. The maximum atomic E-state index is 10.5. The molecule has 0 aliphatic heterocycles. The van der Waals surface area contributed by atoms with Gasteiger partial charge in [0.1, 0.15) is 0 Å². The summed E-state index contributed by atoms with van der Waals surface area (Å²) in [6, 6.07) is 7.26. The number of benzene rings is 2. The van der Waals surface area contributed by atoms with Gasteiger partial charge in [-0.3, -0.25) is 0 Å². The van der Waals surface area contributed by atoms with Crippen LogP contribution >= 0.6 is 0 Å². The molecule has 0 amide bonds. The molecule has 0 aliphatic rings. The second-order valence-corrected chi connectivity index (χ2v) is 7.27. The first-order valence-electron chi connectivity index (χ1n) is 7.55. The Kier molecular flexibility index (Phi) is 6.72. The first kappa shape index (κ1) is 22.1. The fourth-order valence-corrected chi connectivity index (χ4v) is 2.72. The molecule has 0 saturated carbocycles. The smallest absolute Gasteiger partial charge is 0.262 e. The van der Waals surface area contributed by atoms with Crippen molar-refractivity contribution < 1.29 is 44.5 Å². The maximum absolute atomic E-state index is 10.5. The van der Waals surface area contributed by atoms with Gasteiger partial charge in [0.15, 0.2) is 23.0 Å². The molecule has 0 spiro atoms. The monoisotopic (exact) mass is 440 g/mol. The van der Waals surface area contributed by atoms with E-state index in [1.54, 1.807) is 12.2 Å². The van der Waals surface area contributed by atoms with E-state index in [9.17, 15) is 36.2 Å².